The summed E-state index contributed by atoms with van der Waals surface area (Å²) in [6, 6.07) is 7.75. The number of H-pyrrole nitrogens is 1. The van der Waals surface area contributed by atoms with Crippen molar-refractivity contribution in [2.75, 3.05) is 18.8 Å². The molecule has 0 amide bonds. The molecule has 1 aliphatic carbocycles. The highest BCUT2D eigenvalue weighted by molar-refractivity contribution is 5.54. The summed E-state index contributed by atoms with van der Waals surface area (Å²) in [6.07, 6.45) is 9.16. The van der Waals surface area contributed by atoms with Crippen LogP contribution in [0.5, 0.6) is 0 Å². The van der Waals surface area contributed by atoms with Crippen LogP contribution in [0, 0.1) is 0 Å². The Hall–Kier alpha value is -3.06. The minimum absolute atomic E-state index is 0.00948. The number of likely N-dealkylation sites (tertiary alicyclic amines) is 1. The zero-order chi connectivity index (χ0) is 19.8. The number of pyridine rings is 2. The van der Waals surface area contributed by atoms with Gasteiger partial charge >= 0.3 is 0 Å². The number of aromatic amines is 1. The number of fused-ring (bicyclic) bond motifs is 2. The topological polar surface area (TPSA) is 101 Å². The second-order valence-corrected chi connectivity index (χ2v) is 8.17. The lowest BCUT2D eigenvalue weighted by Crippen LogP contribution is -2.45. The van der Waals surface area contributed by atoms with Crippen molar-refractivity contribution in [1.82, 2.24) is 24.8 Å². The second-order valence-electron chi connectivity index (χ2n) is 8.17. The number of nitrogen functional groups attached to an aromatic ring is 1. The average Bonchev–Trinajstić information content (AvgIpc) is 3.07. The third-order valence-corrected chi connectivity index (χ3v) is 6.21. The molecule has 7 heteroatoms. The van der Waals surface area contributed by atoms with Gasteiger partial charge in [0.2, 0.25) is 0 Å². The summed E-state index contributed by atoms with van der Waals surface area (Å²) < 4.78 is 0. The Labute approximate surface area is 169 Å². The highest BCUT2D eigenvalue weighted by atomic mass is 16.1. The fourth-order valence-corrected chi connectivity index (χ4v) is 4.90. The molecule has 29 heavy (non-hydrogen) atoms. The summed E-state index contributed by atoms with van der Waals surface area (Å²) in [5.41, 5.74) is 9.63. The average molecular weight is 388 g/mol. The molecule has 3 N–H and O–H groups in total. The third kappa shape index (κ3) is 3.31. The fourth-order valence-electron chi connectivity index (χ4n) is 4.90. The lowest BCUT2D eigenvalue weighted by molar-refractivity contribution is 0.137. The van der Waals surface area contributed by atoms with Gasteiger partial charge in [-0.2, -0.15) is 0 Å². The highest BCUT2D eigenvalue weighted by Crippen LogP contribution is 2.43. The molecule has 0 bridgehead atoms. The Morgan fingerprint density at radius 3 is 3.00 bits per heavy atom. The van der Waals surface area contributed by atoms with Crippen LogP contribution in [0.25, 0.3) is 11.4 Å². The number of hydrogen-bond acceptors (Lipinski definition) is 6. The van der Waals surface area contributed by atoms with Crippen LogP contribution in [-0.2, 0) is 18.4 Å². The first-order valence-corrected chi connectivity index (χ1v) is 10.1. The van der Waals surface area contributed by atoms with E-state index in [1.807, 2.05) is 24.3 Å². The highest BCUT2D eigenvalue weighted by Gasteiger charge is 2.44. The van der Waals surface area contributed by atoms with E-state index in [0.717, 1.165) is 62.1 Å². The SMILES string of the molecule is Nc1cc(CN2CCCC3(CCc4c3nc(-c3cccnc3)[nH]c4=O)C2)ccn1. The molecule has 3 aromatic rings. The van der Waals surface area contributed by atoms with Gasteiger partial charge in [0.05, 0.1) is 5.69 Å². The van der Waals surface area contributed by atoms with E-state index in [0.29, 0.717) is 11.6 Å². The van der Waals surface area contributed by atoms with Crippen LogP contribution < -0.4 is 11.3 Å². The molecule has 7 nitrogen and oxygen atoms in total. The van der Waals surface area contributed by atoms with Gasteiger partial charge in [0.15, 0.2) is 0 Å². The van der Waals surface area contributed by atoms with Crippen LogP contribution >= 0.6 is 0 Å². The molecular formula is C22H24N6O. The predicted molar refractivity (Wildman–Crippen MR) is 111 cm³/mol. The summed E-state index contributed by atoms with van der Waals surface area (Å²) in [5, 5.41) is 0. The lowest BCUT2D eigenvalue weighted by atomic mass is 9.77. The summed E-state index contributed by atoms with van der Waals surface area (Å²) in [7, 11) is 0. The van der Waals surface area contributed by atoms with Crippen LogP contribution in [0.2, 0.25) is 0 Å². The molecule has 148 valence electrons. The van der Waals surface area contributed by atoms with Crippen molar-refractivity contribution in [3.63, 3.8) is 0 Å². The van der Waals surface area contributed by atoms with E-state index in [1.165, 1.54) is 5.56 Å². The van der Waals surface area contributed by atoms with Gasteiger partial charge in [-0.25, -0.2) is 9.97 Å². The molecule has 0 radical (unpaired) electrons. The van der Waals surface area contributed by atoms with Gasteiger partial charge in [-0.1, -0.05) is 0 Å². The van der Waals surface area contributed by atoms with Crippen LogP contribution in [0.3, 0.4) is 0 Å². The number of rotatable bonds is 3. The van der Waals surface area contributed by atoms with Crippen molar-refractivity contribution >= 4 is 5.82 Å². The van der Waals surface area contributed by atoms with E-state index in [9.17, 15) is 4.79 Å². The molecular weight excluding hydrogens is 364 g/mol. The van der Waals surface area contributed by atoms with Crippen LogP contribution in [0.15, 0.2) is 47.7 Å². The minimum atomic E-state index is -0.0582. The first-order valence-electron chi connectivity index (χ1n) is 10.1. The van der Waals surface area contributed by atoms with Gasteiger partial charge in [-0.15, -0.1) is 0 Å². The van der Waals surface area contributed by atoms with Crippen LogP contribution in [0.4, 0.5) is 5.82 Å². The maximum atomic E-state index is 12.8. The number of hydrogen-bond donors (Lipinski definition) is 2. The minimum Gasteiger partial charge on any atom is -0.384 e. The summed E-state index contributed by atoms with van der Waals surface area (Å²) in [5.74, 6) is 1.16. The monoisotopic (exact) mass is 388 g/mol. The Balaban J connectivity index is 1.48. The largest absolute Gasteiger partial charge is 0.384 e. The quantitative estimate of drug-likeness (QED) is 0.714. The Kier molecular flexibility index (Phi) is 4.39. The standard InChI is InChI=1S/C22H24N6O/c23-18-11-15(5-9-25-18)13-28-10-2-6-22(14-28)7-4-17-19(22)26-20(27-21(17)29)16-3-1-8-24-12-16/h1,3,5,8-9,11-12H,2,4,6-7,10,13-14H2,(H2,23,25)(H,26,27,29). The molecule has 1 aliphatic heterocycles. The summed E-state index contributed by atoms with van der Waals surface area (Å²) in [4.78, 5) is 31.4. The molecule has 0 aromatic carbocycles. The number of nitrogens with one attached hydrogen (secondary N) is 1. The molecule has 0 saturated carbocycles. The van der Waals surface area contributed by atoms with Crippen molar-refractivity contribution in [2.45, 2.75) is 37.6 Å². The molecule has 1 atom stereocenters. The van der Waals surface area contributed by atoms with Gasteiger partial charge in [-0.3, -0.25) is 14.7 Å². The van der Waals surface area contributed by atoms with Gasteiger partial charge in [0.25, 0.3) is 5.56 Å². The van der Waals surface area contributed by atoms with E-state index in [4.69, 9.17) is 10.7 Å². The van der Waals surface area contributed by atoms with Crippen molar-refractivity contribution in [2.24, 2.45) is 0 Å². The van der Waals surface area contributed by atoms with Gasteiger partial charge in [0.1, 0.15) is 11.6 Å². The van der Waals surface area contributed by atoms with Crippen molar-refractivity contribution in [3.8, 4) is 11.4 Å². The fraction of sp³-hybridized carbons (Fsp3) is 0.364. The lowest BCUT2D eigenvalue weighted by Gasteiger charge is -2.40. The number of nitrogens with two attached hydrogens (primary N) is 1. The maximum Gasteiger partial charge on any atom is 0.254 e. The van der Waals surface area contributed by atoms with Crippen LogP contribution in [0.1, 0.15) is 36.1 Å². The molecule has 1 saturated heterocycles. The summed E-state index contributed by atoms with van der Waals surface area (Å²) >= 11 is 0. The zero-order valence-corrected chi connectivity index (χ0v) is 16.3. The van der Waals surface area contributed by atoms with E-state index in [1.54, 1.807) is 18.6 Å². The zero-order valence-electron chi connectivity index (χ0n) is 16.3. The van der Waals surface area contributed by atoms with Crippen molar-refractivity contribution < 1.29 is 0 Å². The predicted octanol–water partition coefficient (Wildman–Crippen LogP) is 2.29. The Bertz CT molecular complexity index is 1100. The normalized spacial score (nSPS) is 21.4. The van der Waals surface area contributed by atoms with Crippen molar-refractivity contribution in [3.05, 3.63) is 70.0 Å². The molecule has 4 heterocycles. The van der Waals surface area contributed by atoms with Gasteiger partial charge in [0, 0.05) is 48.2 Å². The number of anilines is 1. The Morgan fingerprint density at radius 1 is 1.24 bits per heavy atom. The molecule has 1 fully saturated rings. The summed E-state index contributed by atoms with van der Waals surface area (Å²) in [6.45, 7) is 2.78. The van der Waals surface area contributed by atoms with Crippen LogP contribution in [-0.4, -0.2) is 37.9 Å². The second kappa shape index (κ2) is 7.08. The molecule has 1 spiro atoms. The Morgan fingerprint density at radius 2 is 2.17 bits per heavy atom. The number of aromatic nitrogens is 4. The maximum absolute atomic E-state index is 12.8. The third-order valence-electron chi connectivity index (χ3n) is 6.21. The van der Waals surface area contributed by atoms with Gasteiger partial charge in [-0.05, 0) is 62.1 Å². The molecule has 3 aromatic heterocycles. The number of nitrogens with zero attached hydrogens (tertiary/aromatic N) is 4. The van der Waals surface area contributed by atoms with Crippen molar-refractivity contribution in [1.29, 1.82) is 0 Å². The molecule has 2 aliphatic rings. The van der Waals surface area contributed by atoms with E-state index >= 15 is 0 Å². The van der Waals surface area contributed by atoms with E-state index in [-0.39, 0.29) is 11.0 Å². The first kappa shape index (κ1) is 18.0. The molecule has 1 unspecified atom stereocenters. The van der Waals surface area contributed by atoms with E-state index < -0.39 is 0 Å². The van der Waals surface area contributed by atoms with E-state index in [2.05, 4.69) is 19.9 Å². The van der Waals surface area contributed by atoms with Gasteiger partial charge < -0.3 is 10.7 Å². The number of piperidine rings is 1. The molecule has 5 rings (SSSR count). The first-order chi connectivity index (χ1) is 14.1. The smallest absolute Gasteiger partial charge is 0.254 e.